The fourth-order valence-corrected chi connectivity index (χ4v) is 4.65. The Hall–Kier alpha value is -4.60. The van der Waals surface area contributed by atoms with E-state index >= 15 is 0 Å². The number of benzene rings is 3. The first-order valence-corrected chi connectivity index (χ1v) is 13.9. The number of urea groups is 1. The SMILES string of the molecule is COc1cccc(C(=O)N(CC(=O)Nc2ccc(N3CCN(C(=O)NC(C)(C)C)CC3)cc2)Cc2ccc(F)cc2)c1. The highest BCUT2D eigenvalue weighted by Gasteiger charge is 2.24. The highest BCUT2D eigenvalue weighted by atomic mass is 19.1. The molecule has 3 aromatic carbocycles. The third kappa shape index (κ3) is 8.45. The number of piperazine rings is 1. The summed E-state index contributed by atoms with van der Waals surface area (Å²) >= 11 is 0. The summed E-state index contributed by atoms with van der Waals surface area (Å²) in [6, 6.07) is 20.0. The smallest absolute Gasteiger partial charge is 0.317 e. The molecule has 0 aromatic heterocycles. The summed E-state index contributed by atoms with van der Waals surface area (Å²) in [5.41, 5.74) is 2.39. The number of nitrogens with zero attached hydrogens (tertiary/aromatic N) is 3. The molecular weight excluding hydrogens is 537 g/mol. The number of hydrogen-bond acceptors (Lipinski definition) is 5. The molecule has 0 unspecified atom stereocenters. The number of rotatable bonds is 8. The Morgan fingerprint density at radius 2 is 1.60 bits per heavy atom. The molecule has 10 heteroatoms. The van der Waals surface area contributed by atoms with Crippen molar-refractivity contribution in [2.75, 3.05) is 50.1 Å². The molecule has 42 heavy (non-hydrogen) atoms. The van der Waals surface area contributed by atoms with E-state index in [-0.39, 0.29) is 42.3 Å². The van der Waals surface area contributed by atoms with Gasteiger partial charge in [0.05, 0.1) is 7.11 Å². The van der Waals surface area contributed by atoms with Crippen molar-refractivity contribution < 1.29 is 23.5 Å². The second kappa shape index (κ2) is 13.4. The number of hydrogen-bond donors (Lipinski definition) is 2. The number of methoxy groups -OCH3 is 1. The molecule has 222 valence electrons. The molecule has 0 saturated carbocycles. The molecule has 3 aromatic rings. The maximum absolute atomic E-state index is 13.5. The van der Waals surface area contributed by atoms with E-state index in [2.05, 4.69) is 15.5 Å². The zero-order valence-corrected chi connectivity index (χ0v) is 24.5. The maximum atomic E-state index is 13.5. The quantitative estimate of drug-likeness (QED) is 0.405. The first-order valence-electron chi connectivity index (χ1n) is 13.9. The summed E-state index contributed by atoms with van der Waals surface area (Å²) in [7, 11) is 1.52. The van der Waals surface area contributed by atoms with E-state index in [0.29, 0.717) is 48.7 Å². The predicted octanol–water partition coefficient (Wildman–Crippen LogP) is 4.75. The third-order valence-electron chi connectivity index (χ3n) is 6.79. The number of anilines is 2. The summed E-state index contributed by atoms with van der Waals surface area (Å²) in [5, 5.41) is 5.88. The van der Waals surface area contributed by atoms with Crippen LogP contribution in [0.1, 0.15) is 36.7 Å². The Morgan fingerprint density at radius 1 is 0.929 bits per heavy atom. The monoisotopic (exact) mass is 575 g/mol. The minimum Gasteiger partial charge on any atom is -0.497 e. The van der Waals surface area contributed by atoms with Crippen LogP contribution in [0.5, 0.6) is 5.75 Å². The number of amides is 4. The van der Waals surface area contributed by atoms with Crippen LogP contribution in [0.2, 0.25) is 0 Å². The maximum Gasteiger partial charge on any atom is 0.317 e. The molecule has 0 atom stereocenters. The predicted molar refractivity (Wildman–Crippen MR) is 161 cm³/mol. The van der Waals surface area contributed by atoms with Gasteiger partial charge in [-0.1, -0.05) is 18.2 Å². The van der Waals surface area contributed by atoms with Gasteiger partial charge in [-0.05, 0) is 80.9 Å². The van der Waals surface area contributed by atoms with Crippen LogP contribution in [0.15, 0.2) is 72.8 Å². The molecule has 0 spiro atoms. The lowest BCUT2D eigenvalue weighted by Crippen LogP contribution is -2.55. The summed E-state index contributed by atoms with van der Waals surface area (Å²) in [6.07, 6.45) is 0. The molecule has 0 bridgehead atoms. The van der Waals surface area contributed by atoms with Crippen LogP contribution >= 0.6 is 0 Å². The van der Waals surface area contributed by atoms with Crippen LogP contribution in [0.4, 0.5) is 20.6 Å². The van der Waals surface area contributed by atoms with Gasteiger partial charge in [-0.2, -0.15) is 0 Å². The molecule has 0 aliphatic carbocycles. The number of ether oxygens (including phenoxy) is 1. The molecule has 1 aliphatic rings. The van der Waals surface area contributed by atoms with Crippen molar-refractivity contribution in [1.29, 1.82) is 0 Å². The van der Waals surface area contributed by atoms with Gasteiger partial charge in [-0.3, -0.25) is 9.59 Å². The molecule has 1 heterocycles. The van der Waals surface area contributed by atoms with E-state index in [1.807, 2.05) is 49.9 Å². The van der Waals surface area contributed by atoms with Gasteiger partial charge in [0.2, 0.25) is 5.91 Å². The Morgan fingerprint density at radius 3 is 2.21 bits per heavy atom. The second-order valence-corrected chi connectivity index (χ2v) is 11.3. The number of carbonyl (C=O) groups excluding carboxylic acids is 3. The summed E-state index contributed by atoms with van der Waals surface area (Å²) in [4.78, 5) is 44.4. The highest BCUT2D eigenvalue weighted by Crippen LogP contribution is 2.21. The van der Waals surface area contributed by atoms with Gasteiger partial charge in [0, 0.05) is 55.2 Å². The van der Waals surface area contributed by atoms with E-state index in [1.165, 1.54) is 24.1 Å². The normalized spacial score (nSPS) is 13.4. The fourth-order valence-electron chi connectivity index (χ4n) is 4.65. The first kappa shape index (κ1) is 30.4. The second-order valence-electron chi connectivity index (χ2n) is 11.3. The first-order chi connectivity index (χ1) is 20.0. The molecule has 9 nitrogen and oxygen atoms in total. The van der Waals surface area contributed by atoms with Crippen molar-refractivity contribution in [2.45, 2.75) is 32.9 Å². The number of nitrogens with one attached hydrogen (secondary N) is 2. The third-order valence-corrected chi connectivity index (χ3v) is 6.79. The van der Waals surface area contributed by atoms with Gasteiger partial charge in [0.15, 0.2) is 0 Å². The number of halogens is 1. The van der Waals surface area contributed by atoms with E-state index < -0.39 is 0 Å². The Kier molecular flexibility index (Phi) is 9.67. The van der Waals surface area contributed by atoms with Crippen molar-refractivity contribution >= 4 is 29.2 Å². The van der Waals surface area contributed by atoms with Gasteiger partial charge in [-0.15, -0.1) is 0 Å². The van der Waals surface area contributed by atoms with Gasteiger partial charge >= 0.3 is 6.03 Å². The van der Waals surface area contributed by atoms with E-state index in [4.69, 9.17) is 4.74 Å². The largest absolute Gasteiger partial charge is 0.497 e. The molecule has 1 fully saturated rings. The van der Waals surface area contributed by atoms with E-state index in [0.717, 1.165) is 5.69 Å². The molecule has 1 saturated heterocycles. The van der Waals surface area contributed by atoms with Crippen LogP contribution in [0, 0.1) is 5.82 Å². The molecule has 4 amide bonds. The van der Waals surface area contributed by atoms with Gasteiger partial charge < -0.3 is 30.1 Å². The fraction of sp³-hybridized carbons (Fsp3) is 0.344. The lowest BCUT2D eigenvalue weighted by Gasteiger charge is -2.37. The Labute approximate surface area is 246 Å². The average molecular weight is 576 g/mol. The molecule has 2 N–H and O–H groups in total. The van der Waals surface area contributed by atoms with Crippen LogP contribution < -0.4 is 20.3 Å². The van der Waals surface area contributed by atoms with E-state index in [1.54, 1.807) is 36.4 Å². The minimum atomic E-state index is -0.376. The zero-order valence-electron chi connectivity index (χ0n) is 24.5. The number of carbonyl (C=O) groups is 3. The average Bonchev–Trinajstić information content (AvgIpc) is 2.97. The van der Waals surface area contributed by atoms with Crippen LogP contribution in [-0.4, -0.2) is 73.0 Å². The standard InChI is InChI=1S/C32H38FN5O4/c1-32(2,3)35-31(41)37-18-16-36(17-19-37)27-14-12-26(13-15-27)34-29(39)22-38(21-23-8-10-25(33)11-9-23)30(40)24-6-5-7-28(20-24)42-4/h5-15,20H,16-19,21-22H2,1-4H3,(H,34,39)(H,35,41). The van der Waals surface area contributed by atoms with Crippen molar-refractivity contribution in [2.24, 2.45) is 0 Å². The van der Waals surface area contributed by atoms with Crippen LogP contribution in [0.25, 0.3) is 0 Å². The van der Waals surface area contributed by atoms with Crippen LogP contribution in [0.3, 0.4) is 0 Å². The molecular formula is C32H38FN5O4. The summed E-state index contributed by atoms with van der Waals surface area (Å²) < 4.78 is 18.7. The van der Waals surface area contributed by atoms with Crippen molar-refractivity contribution in [3.05, 3.63) is 89.7 Å². The lowest BCUT2D eigenvalue weighted by molar-refractivity contribution is -0.117. The summed E-state index contributed by atoms with van der Waals surface area (Å²) in [5.74, 6) is -0.557. The Bertz CT molecular complexity index is 1380. The van der Waals surface area contributed by atoms with Crippen molar-refractivity contribution in [3.8, 4) is 5.75 Å². The summed E-state index contributed by atoms with van der Waals surface area (Å²) in [6.45, 7) is 8.45. The molecule has 0 radical (unpaired) electrons. The lowest BCUT2D eigenvalue weighted by atomic mass is 10.1. The zero-order chi connectivity index (χ0) is 30.3. The molecule has 1 aliphatic heterocycles. The van der Waals surface area contributed by atoms with Crippen LogP contribution in [-0.2, 0) is 11.3 Å². The van der Waals surface area contributed by atoms with Crippen molar-refractivity contribution in [1.82, 2.24) is 15.1 Å². The highest BCUT2D eigenvalue weighted by molar-refractivity contribution is 5.99. The topological polar surface area (TPSA) is 94.2 Å². The van der Waals surface area contributed by atoms with Gasteiger partial charge in [0.1, 0.15) is 18.1 Å². The van der Waals surface area contributed by atoms with E-state index in [9.17, 15) is 18.8 Å². The van der Waals surface area contributed by atoms with Crippen molar-refractivity contribution in [3.63, 3.8) is 0 Å². The van der Waals surface area contributed by atoms with Gasteiger partial charge in [-0.25, -0.2) is 9.18 Å². The Balaban J connectivity index is 1.38. The van der Waals surface area contributed by atoms with Gasteiger partial charge in [0.25, 0.3) is 5.91 Å². The molecule has 4 rings (SSSR count). The minimum absolute atomic E-state index is 0.0569.